The summed E-state index contributed by atoms with van der Waals surface area (Å²) in [6, 6.07) is 1.15. The largest absolute Gasteiger partial charge is 0.381 e. The second-order valence-corrected chi connectivity index (χ2v) is 6.68. The Balaban J connectivity index is 1.66. The molecule has 0 aromatic heterocycles. The predicted octanol–water partition coefficient (Wildman–Crippen LogP) is 0.289. The second-order valence-electron chi connectivity index (χ2n) is 6.68. The quantitative estimate of drug-likeness (QED) is 0.789. The van der Waals surface area contributed by atoms with E-state index in [9.17, 15) is 0 Å². The van der Waals surface area contributed by atoms with Crippen LogP contribution in [-0.4, -0.2) is 80.5 Å². The Morgan fingerprint density at radius 2 is 2.00 bits per heavy atom. The molecule has 1 spiro atoms. The fourth-order valence-corrected chi connectivity index (χ4v) is 4.09. The van der Waals surface area contributed by atoms with E-state index in [0.717, 1.165) is 71.7 Å². The summed E-state index contributed by atoms with van der Waals surface area (Å²) in [4.78, 5) is 5.07. The van der Waals surface area contributed by atoms with Crippen molar-refractivity contribution in [2.24, 2.45) is 5.73 Å². The molecule has 0 aromatic rings. The summed E-state index contributed by atoms with van der Waals surface area (Å²) in [6.45, 7) is 6.78. The molecule has 0 aromatic carbocycles. The monoisotopic (exact) mass is 283 g/mol. The highest BCUT2D eigenvalue weighted by Crippen LogP contribution is 2.36. The van der Waals surface area contributed by atoms with E-state index in [1.54, 1.807) is 0 Å². The van der Waals surface area contributed by atoms with Gasteiger partial charge in [-0.05, 0) is 32.7 Å². The molecule has 3 fully saturated rings. The summed E-state index contributed by atoms with van der Waals surface area (Å²) in [5.41, 5.74) is 6.10. The minimum Gasteiger partial charge on any atom is -0.381 e. The van der Waals surface area contributed by atoms with E-state index in [4.69, 9.17) is 15.2 Å². The highest BCUT2D eigenvalue weighted by atomic mass is 16.5. The topological polar surface area (TPSA) is 51.0 Å². The van der Waals surface area contributed by atoms with Crippen molar-refractivity contribution in [3.05, 3.63) is 0 Å². The molecule has 0 bridgehead atoms. The van der Waals surface area contributed by atoms with Gasteiger partial charge in [-0.15, -0.1) is 0 Å². The Hall–Kier alpha value is -0.200. The lowest BCUT2D eigenvalue weighted by atomic mass is 9.83. The fraction of sp³-hybridized carbons (Fsp3) is 1.00. The van der Waals surface area contributed by atoms with Gasteiger partial charge in [-0.25, -0.2) is 0 Å². The summed E-state index contributed by atoms with van der Waals surface area (Å²) in [7, 11) is 2.20. The maximum atomic E-state index is 6.17. The molecular weight excluding hydrogens is 254 g/mol. The van der Waals surface area contributed by atoms with Crippen molar-refractivity contribution >= 4 is 0 Å². The Morgan fingerprint density at radius 3 is 2.75 bits per heavy atom. The molecule has 5 nitrogen and oxygen atoms in total. The van der Waals surface area contributed by atoms with Crippen molar-refractivity contribution < 1.29 is 9.47 Å². The average molecular weight is 283 g/mol. The summed E-state index contributed by atoms with van der Waals surface area (Å²) in [6.07, 6.45) is 4.44. The van der Waals surface area contributed by atoms with Crippen LogP contribution in [0.4, 0.5) is 0 Å². The zero-order valence-corrected chi connectivity index (χ0v) is 12.7. The van der Waals surface area contributed by atoms with Gasteiger partial charge >= 0.3 is 0 Å². The second kappa shape index (κ2) is 6.28. The summed E-state index contributed by atoms with van der Waals surface area (Å²) in [5, 5.41) is 0. The van der Waals surface area contributed by atoms with Crippen LogP contribution in [0.15, 0.2) is 0 Å². The number of piperazine rings is 1. The number of hydrogen-bond acceptors (Lipinski definition) is 5. The smallest absolute Gasteiger partial charge is 0.0741 e. The first-order valence-electron chi connectivity index (χ1n) is 8.08. The predicted molar refractivity (Wildman–Crippen MR) is 78.8 cm³/mol. The molecule has 0 amide bonds. The van der Waals surface area contributed by atoms with E-state index < -0.39 is 0 Å². The van der Waals surface area contributed by atoms with Gasteiger partial charge in [0.05, 0.1) is 5.60 Å². The molecule has 3 heterocycles. The molecule has 0 aliphatic carbocycles. The lowest BCUT2D eigenvalue weighted by Crippen LogP contribution is -2.61. The zero-order valence-electron chi connectivity index (χ0n) is 12.7. The highest BCUT2D eigenvalue weighted by Gasteiger charge is 2.42. The lowest BCUT2D eigenvalue weighted by Gasteiger charge is -2.50. The number of nitrogens with two attached hydrogens (primary N) is 1. The van der Waals surface area contributed by atoms with Gasteiger partial charge in [-0.3, -0.25) is 4.90 Å². The minimum atomic E-state index is 0.0870. The number of rotatable bonds is 2. The Labute approximate surface area is 122 Å². The molecule has 3 rings (SSSR count). The number of likely N-dealkylation sites (N-methyl/N-ethyl adjacent to an activating group) is 1. The lowest BCUT2D eigenvalue weighted by molar-refractivity contribution is -0.156. The molecule has 2 N–H and O–H groups in total. The van der Waals surface area contributed by atoms with Crippen LogP contribution in [0.5, 0.6) is 0 Å². The standard InChI is InChI=1S/C15H29N3O2/c1-17-5-6-18(14(11-16)12-17)13-2-7-20-15(10-13)3-8-19-9-4-15/h13-14H,2-12,16H2,1H3. The van der Waals surface area contributed by atoms with Crippen LogP contribution < -0.4 is 5.73 Å². The van der Waals surface area contributed by atoms with Crippen molar-refractivity contribution in [1.82, 2.24) is 9.80 Å². The SMILES string of the molecule is CN1CCN(C2CCOC3(CCOCC3)C2)C(CN)C1. The van der Waals surface area contributed by atoms with E-state index in [1.807, 2.05) is 0 Å². The Bertz CT molecular complexity index is 315. The molecule has 2 unspecified atom stereocenters. The molecular formula is C15H29N3O2. The van der Waals surface area contributed by atoms with E-state index in [0.29, 0.717) is 12.1 Å². The van der Waals surface area contributed by atoms with Crippen LogP contribution >= 0.6 is 0 Å². The van der Waals surface area contributed by atoms with Crippen LogP contribution in [0, 0.1) is 0 Å². The molecule has 5 heteroatoms. The van der Waals surface area contributed by atoms with Crippen LogP contribution in [0.3, 0.4) is 0 Å². The van der Waals surface area contributed by atoms with Crippen molar-refractivity contribution in [2.45, 2.75) is 43.4 Å². The maximum absolute atomic E-state index is 6.17. The Morgan fingerprint density at radius 1 is 1.20 bits per heavy atom. The van der Waals surface area contributed by atoms with Crippen LogP contribution in [0.25, 0.3) is 0 Å². The number of nitrogens with zero attached hydrogens (tertiary/aromatic N) is 2. The van der Waals surface area contributed by atoms with Crippen molar-refractivity contribution in [3.63, 3.8) is 0 Å². The van der Waals surface area contributed by atoms with Crippen LogP contribution in [0.2, 0.25) is 0 Å². The molecule has 3 aliphatic heterocycles. The Kier molecular flexibility index (Phi) is 4.62. The third kappa shape index (κ3) is 3.02. The summed E-state index contributed by atoms with van der Waals surface area (Å²) < 4.78 is 11.7. The average Bonchev–Trinajstić information content (AvgIpc) is 2.48. The third-order valence-electron chi connectivity index (χ3n) is 5.34. The van der Waals surface area contributed by atoms with Gasteiger partial charge in [-0.1, -0.05) is 0 Å². The molecule has 0 radical (unpaired) electrons. The summed E-state index contributed by atoms with van der Waals surface area (Å²) in [5.74, 6) is 0. The molecule has 20 heavy (non-hydrogen) atoms. The number of ether oxygens (including phenoxy) is 2. The van der Waals surface area contributed by atoms with E-state index in [-0.39, 0.29) is 5.60 Å². The van der Waals surface area contributed by atoms with E-state index >= 15 is 0 Å². The van der Waals surface area contributed by atoms with Gasteiger partial charge in [-0.2, -0.15) is 0 Å². The first kappa shape index (κ1) is 14.7. The third-order valence-corrected chi connectivity index (χ3v) is 5.34. The van der Waals surface area contributed by atoms with Gasteiger partial charge in [0.1, 0.15) is 0 Å². The van der Waals surface area contributed by atoms with Gasteiger partial charge in [0.25, 0.3) is 0 Å². The molecule has 3 saturated heterocycles. The first-order chi connectivity index (χ1) is 9.72. The minimum absolute atomic E-state index is 0.0870. The van der Waals surface area contributed by atoms with E-state index in [2.05, 4.69) is 16.8 Å². The molecule has 2 atom stereocenters. The fourth-order valence-electron chi connectivity index (χ4n) is 4.09. The van der Waals surface area contributed by atoms with Gasteiger partial charge in [0, 0.05) is 58.1 Å². The number of hydrogen-bond donors (Lipinski definition) is 1. The van der Waals surface area contributed by atoms with Gasteiger partial charge in [0.2, 0.25) is 0 Å². The van der Waals surface area contributed by atoms with Crippen LogP contribution in [-0.2, 0) is 9.47 Å². The highest BCUT2D eigenvalue weighted by molar-refractivity contribution is 4.95. The van der Waals surface area contributed by atoms with Crippen molar-refractivity contribution in [3.8, 4) is 0 Å². The molecule has 116 valence electrons. The van der Waals surface area contributed by atoms with Gasteiger partial charge in [0.15, 0.2) is 0 Å². The van der Waals surface area contributed by atoms with E-state index in [1.165, 1.54) is 0 Å². The first-order valence-corrected chi connectivity index (χ1v) is 8.08. The molecule has 3 aliphatic rings. The zero-order chi connectivity index (χ0) is 14.0. The molecule has 0 saturated carbocycles. The summed E-state index contributed by atoms with van der Waals surface area (Å²) >= 11 is 0. The maximum Gasteiger partial charge on any atom is 0.0741 e. The van der Waals surface area contributed by atoms with Crippen molar-refractivity contribution in [1.29, 1.82) is 0 Å². The normalized spacial score (nSPS) is 36.3. The van der Waals surface area contributed by atoms with Crippen molar-refractivity contribution in [2.75, 3.05) is 53.0 Å². The van der Waals surface area contributed by atoms with Crippen LogP contribution in [0.1, 0.15) is 25.7 Å². The van der Waals surface area contributed by atoms with Gasteiger partial charge < -0.3 is 20.1 Å².